The number of ether oxygens (including phenoxy) is 1. The van der Waals surface area contributed by atoms with Crippen LogP contribution in [-0.2, 0) is 10.2 Å². The lowest BCUT2D eigenvalue weighted by molar-refractivity contribution is -0.0104. The van der Waals surface area contributed by atoms with Gasteiger partial charge in [0.25, 0.3) is 0 Å². The molecule has 2 unspecified atom stereocenters. The molecule has 0 aliphatic carbocycles. The molecule has 0 radical (unpaired) electrons. The molecule has 2 atom stereocenters. The summed E-state index contributed by atoms with van der Waals surface area (Å²) in [7, 11) is 2.02. The molecule has 2 heteroatoms. The Bertz CT molecular complexity index is 410. The maximum Gasteiger partial charge on any atom is 0.0849 e. The summed E-state index contributed by atoms with van der Waals surface area (Å²) in [5.41, 5.74) is 2.84. The van der Waals surface area contributed by atoms with Gasteiger partial charge in [0.05, 0.1) is 11.6 Å². The number of hydrogen-bond donors (Lipinski definition) is 1. The van der Waals surface area contributed by atoms with E-state index in [2.05, 4.69) is 57.3 Å². The molecule has 0 amide bonds. The van der Waals surface area contributed by atoms with E-state index in [0.717, 1.165) is 19.4 Å². The lowest BCUT2D eigenvalue weighted by Crippen LogP contribution is -2.39. The smallest absolute Gasteiger partial charge is 0.0849 e. The largest absolute Gasteiger partial charge is 0.373 e. The van der Waals surface area contributed by atoms with Crippen LogP contribution in [0.2, 0.25) is 0 Å². The van der Waals surface area contributed by atoms with Crippen molar-refractivity contribution in [2.24, 2.45) is 0 Å². The van der Waals surface area contributed by atoms with Crippen molar-refractivity contribution in [3.8, 4) is 0 Å². The molecule has 0 saturated carbocycles. The highest BCUT2D eigenvalue weighted by Gasteiger charge is 2.38. The molecule has 1 heterocycles. The Labute approximate surface area is 117 Å². The van der Waals surface area contributed by atoms with Crippen LogP contribution in [0.4, 0.5) is 0 Å². The zero-order valence-corrected chi connectivity index (χ0v) is 12.9. The van der Waals surface area contributed by atoms with Crippen molar-refractivity contribution >= 4 is 0 Å². The summed E-state index contributed by atoms with van der Waals surface area (Å²) in [4.78, 5) is 0. The van der Waals surface area contributed by atoms with E-state index in [1.807, 2.05) is 7.05 Å². The summed E-state index contributed by atoms with van der Waals surface area (Å²) in [6.07, 6.45) is 2.29. The maximum absolute atomic E-state index is 5.98. The summed E-state index contributed by atoms with van der Waals surface area (Å²) in [5, 5.41) is 3.43. The summed E-state index contributed by atoms with van der Waals surface area (Å²) >= 11 is 0. The van der Waals surface area contributed by atoms with E-state index in [0.29, 0.717) is 0 Å². The van der Waals surface area contributed by atoms with Gasteiger partial charge in [-0.2, -0.15) is 0 Å². The van der Waals surface area contributed by atoms with Crippen LogP contribution in [0.25, 0.3) is 0 Å². The van der Waals surface area contributed by atoms with Crippen molar-refractivity contribution in [1.82, 2.24) is 5.32 Å². The average molecular weight is 261 g/mol. The number of benzene rings is 1. The molecular formula is C17H27NO. The topological polar surface area (TPSA) is 21.3 Å². The minimum absolute atomic E-state index is 0.0714. The molecule has 2 rings (SSSR count). The van der Waals surface area contributed by atoms with Crippen molar-refractivity contribution in [3.05, 3.63) is 35.4 Å². The van der Waals surface area contributed by atoms with Crippen molar-refractivity contribution in [1.29, 1.82) is 0 Å². The van der Waals surface area contributed by atoms with Crippen LogP contribution < -0.4 is 5.32 Å². The van der Waals surface area contributed by atoms with Gasteiger partial charge in [-0.3, -0.25) is 0 Å². The van der Waals surface area contributed by atoms with Crippen LogP contribution in [0.3, 0.4) is 0 Å². The van der Waals surface area contributed by atoms with Gasteiger partial charge in [-0.1, -0.05) is 45.0 Å². The van der Waals surface area contributed by atoms with E-state index in [1.54, 1.807) is 0 Å². The minimum Gasteiger partial charge on any atom is -0.373 e. The average Bonchev–Trinajstić information content (AvgIpc) is 2.77. The molecule has 106 valence electrons. The van der Waals surface area contributed by atoms with Crippen LogP contribution in [0.15, 0.2) is 24.3 Å². The minimum atomic E-state index is -0.0714. The fourth-order valence-corrected chi connectivity index (χ4v) is 3.03. The Morgan fingerprint density at radius 1 is 1.21 bits per heavy atom. The fourth-order valence-electron chi connectivity index (χ4n) is 3.03. The third-order valence-corrected chi connectivity index (χ3v) is 4.26. The number of hydrogen-bond acceptors (Lipinski definition) is 2. The Balaban J connectivity index is 2.24. The van der Waals surface area contributed by atoms with Gasteiger partial charge in [-0.15, -0.1) is 0 Å². The highest BCUT2D eigenvalue weighted by atomic mass is 16.5. The molecule has 1 N–H and O–H groups in total. The second kappa shape index (κ2) is 5.26. The van der Waals surface area contributed by atoms with Gasteiger partial charge in [0, 0.05) is 6.61 Å². The third-order valence-electron chi connectivity index (χ3n) is 4.26. The first-order chi connectivity index (χ1) is 8.87. The van der Waals surface area contributed by atoms with Gasteiger partial charge < -0.3 is 10.1 Å². The van der Waals surface area contributed by atoms with E-state index < -0.39 is 0 Å². The highest BCUT2D eigenvalue weighted by Crippen LogP contribution is 2.37. The summed E-state index contributed by atoms with van der Waals surface area (Å²) in [5.74, 6) is 0. The Hall–Kier alpha value is -0.860. The first-order valence-electron chi connectivity index (χ1n) is 7.28. The number of nitrogens with one attached hydrogen (secondary N) is 1. The normalized spacial score (nSPS) is 25.5. The fraction of sp³-hybridized carbons (Fsp3) is 0.647. The first kappa shape index (κ1) is 14.5. The van der Waals surface area contributed by atoms with Gasteiger partial charge in [0.15, 0.2) is 0 Å². The molecule has 0 spiro atoms. The van der Waals surface area contributed by atoms with Crippen molar-refractivity contribution in [2.45, 2.75) is 57.6 Å². The van der Waals surface area contributed by atoms with Gasteiger partial charge in [-0.05, 0) is 43.4 Å². The van der Waals surface area contributed by atoms with Crippen LogP contribution in [0, 0.1) is 0 Å². The maximum atomic E-state index is 5.98. The first-order valence-corrected chi connectivity index (χ1v) is 7.28. The van der Waals surface area contributed by atoms with E-state index in [-0.39, 0.29) is 17.1 Å². The van der Waals surface area contributed by atoms with Crippen LogP contribution in [0.1, 0.15) is 57.7 Å². The second-order valence-corrected chi connectivity index (χ2v) is 6.86. The molecule has 1 fully saturated rings. The number of likely N-dealkylation sites (N-methyl/N-ethyl adjacent to an activating group) is 1. The quantitative estimate of drug-likeness (QED) is 0.893. The third kappa shape index (κ3) is 3.01. The molecule has 1 aliphatic rings. The molecule has 1 aromatic rings. The van der Waals surface area contributed by atoms with Gasteiger partial charge in [0.2, 0.25) is 0 Å². The zero-order chi connectivity index (χ0) is 14.1. The van der Waals surface area contributed by atoms with E-state index in [9.17, 15) is 0 Å². The molecule has 1 saturated heterocycles. The SMILES string of the molecule is CNC(c1ccc(C(C)(C)C)cc1)C1(C)CCCO1. The monoisotopic (exact) mass is 261 g/mol. The molecule has 1 aromatic carbocycles. The molecule has 19 heavy (non-hydrogen) atoms. The molecule has 0 bridgehead atoms. The van der Waals surface area contributed by atoms with E-state index in [4.69, 9.17) is 4.74 Å². The highest BCUT2D eigenvalue weighted by molar-refractivity contribution is 5.30. The molecule has 2 nitrogen and oxygen atoms in total. The van der Waals surface area contributed by atoms with Gasteiger partial charge in [0.1, 0.15) is 0 Å². The van der Waals surface area contributed by atoms with Crippen molar-refractivity contribution < 1.29 is 4.74 Å². The summed E-state index contributed by atoms with van der Waals surface area (Å²) < 4.78 is 5.98. The van der Waals surface area contributed by atoms with Gasteiger partial charge in [-0.25, -0.2) is 0 Å². The van der Waals surface area contributed by atoms with Gasteiger partial charge >= 0.3 is 0 Å². The Kier molecular flexibility index (Phi) is 4.03. The van der Waals surface area contributed by atoms with Crippen molar-refractivity contribution in [3.63, 3.8) is 0 Å². The molecular weight excluding hydrogens is 234 g/mol. The standard InChI is InChI=1S/C17H27NO/c1-16(2,3)14-9-7-13(8-10-14)15(18-5)17(4)11-6-12-19-17/h7-10,15,18H,6,11-12H2,1-5H3. The van der Waals surface area contributed by atoms with Crippen LogP contribution in [0.5, 0.6) is 0 Å². The molecule has 0 aromatic heterocycles. The van der Waals surface area contributed by atoms with E-state index in [1.165, 1.54) is 11.1 Å². The zero-order valence-electron chi connectivity index (χ0n) is 12.9. The molecule has 1 aliphatic heterocycles. The lowest BCUT2D eigenvalue weighted by atomic mass is 9.83. The predicted molar refractivity (Wildman–Crippen MR) is 80.5 cm³/mol. The Morgan fingerprint density at radius 2 is 1.84 bits per heavy atom. The number of rotatable bonds is 3. The van der Waals surface area contributed by atoms with Crippen molar-refractivity contribution in [2.75, 3.05) is 13.7 Å². The second-order valence-electron chi connectivity index (χ2n) is 6.86. The summed E-state index contributed by atoms with van der Waals surface area (Å²) in [6, 6.07) is 9.25. The van der Waals surface area contributed by atoms with Crippen LogP contribution in [-0.4, -0.2) is 19.3 Å². The Morgan fingerprint density at radius 3 is 2.26 bits per heavy atom. The van der Waals surface area contributed by atoms with E-state index >= 15 is 0 Å². The predicted octanol–water partition coefficient (Wildman–Crippen LogP) is 3.81. The summed E-state index contributed by atoms with van der Waals surface area (Å²) in [6.45, 7) is 9.85. The van der Waals surface area contributed by atoms with Crippen LogP contribution >= 0.6 is 0 Å². The lowest BCUT2D eigenvalue weighted by Gasteiger charge is -2.34.